The Morgan fingerprint density at radius 2 is 1.82 bits per heavy atom. The van der Waals surface area contributed by atoms with Crippen molar-refractivity contribution in [2.24, 2.45) is 5.92 Å². The normalized spacial score (nSPS) is 14.5. The maximum atomic E-state index is 12.8. The van der Waals surface area contributed by atoms with Crippen molar-refractivity contribution in [3.63, 3.8) is 0 Å². The average Bonchev–Trinajstić information content (AvgIpc) is 3.10. The van der Waals surface area contributed by atoms with Crippen molar-refractivity contribution in [1.29, 1.82) is 0 Å². The zero-order valence-electron chi connectivity index (χ0n) is 18.7. The van der Waals surface area contributed by atoms with Crippen molar-refractivity contribution in [1.82, 2.24) is 5.32 Å². The van der Waals surface area contributed by atoms with Gasteiger partial charge in [0.05, 0.1) is 19.8 Å². The first-order valence-electron chi connectivity index (χ1n) is 10.2. The van der Waals surface area contributed by atoms with E-state index in [9.17, 15) is 19.5 Å². The van der Waals surface area contributed by atoms with Crippen molar-refractivity contribution in [3.8, 4) is 23.0 Å². The third kappa shape index (κ3) is 5.43. The third-order valence-electron chi connectivity index (χ3n) is 4.98. The van der Waals surface area contributed by atoms with Crippen molar-refractivity contribution >= 4 is 23.7 Å². The van der Waals surface area contributed by atoms with Gasteiger partial charge in [0.2, 0.25) is 5.78 Å². The van der Waals surface area contributed by atoms with Crippen LogP contribution >= 0.6 is 0 Å². The fourth-order valence-electron chi connectivity index (χ4n) is 3.23. The number of ether oxygens (including phenoxy) is 4. The van der Waals surface area contributed by atoms with Crippen LogP contribution in [0.25, 0.3) is 6.08 Å². The van der Waals surface area contributed by atoms with Gasteiger partial charge in [-0.1, -0.05) is 13.8 Å². The van der Waals surface area contributed by atoms with Gasteiger partial charge in [-0.05, 0) is 42.3 Å². The first-order chi connectivity index (χ1) is 15.7. The zero-order chi connectivity index (χ0) is 24.1. The average molecular weight is 455 g/mol. The quantitative estimate of drug-likeness (QED) is 0.554. The molecule has 1 aliphatic rings. The molecule has 9 heteroatoms. The highest BCUT2D eigenvalue weighted by atomic mass is 16.5. The molecular formula is C24H25NO8. The van der Waals surface area contributed by atoms with Crippen molar-refractivity contribution in [2.45, 2.75) is 19.9 Å². The number of aliphatic carboxylic acids is 1. The lowest BCUT2D eigenvalue weighted by Crippen LogP contribution is -2.46. The minimum absolute atomic E-state index is 0.104. The molecule has 0 saturated heterocycles. The van der Waals surface area contributed by atoms with E-state index in [0.29, 0.717) is 28.4 Å². The van der Waals surface area contributed by atoms with E-state index in [4.69, 9.17) is 18.9 Å². The predicted octanol–water partition coefficient (Wildman–Crippen LogP) is 2.92. The molecule has 2 N–H and O–H groups in total. The Labute approximate surface area is 190 Å². The molecule has 33 heavy (non-hydrogen) atoms. The number of carbonyl (C=O) groups is 3. The van der Waals surface area contributed by atoms with E-state index in [-0.39, 0.29) is 29.8 Å². The second kappa shape index (κ2) is 10.1. The third-order valence-corrected chi connectivity index (χ3v) is 4.98. The number of amides is 1. The smallest absolute Gasteiger partial charge is 0.326 e. The molecule has 1 atom stereocenters. The summed E-state index contributed by atoms with van der Waals surface area (Å²) >= 11 is 0. The number of carboxylic acids is 1. The van der Waals surface area contributed by atoms with Crippen LogP contribution < -0.4 is 24.3 Å². The fourth-order valence-corrected chi connectivity index (χ4v) is 3.23. The summed E-state index contributed by atoms with van der Waals surface area (Å²) in [6.07, 6.45) is 1.57. The fraction of sp³-hybridized carbons (Fsp3) is 0.292. The van der Waals surface area contributed by atoms with E-state index in [0.717, 1.165) is 0 Å². The number of rotatable bonds is 9. The monoisotopic (exact) mass is 455 g/mol. The molecule has 0 saturated carbocycles. The highest BCUT2D eigenvalue weighted by Crippen LogP contribution is 2.36. The molecule has 9 nitrogen and oxygen atoms in total. The Bertz CT molecular complexity index is 1110. The van der Waals surface area contributed by atoms with Crippen LogP contribution in [-0.2, 0) is 9.59 Å². The van der Waals surface area contributed by atoms with Crippen molar-refractivity contribution in [2.75, 3.05) is 20.8 Å². The Kier molecular flexibility index (Phi) is 7.22. The summed E-state index contributed by atoms with van der Waals surface area (Å²) in [6.45, 7) is 3.01. The summed E-state index contributed by atoms with van der Waals surface area (Å²) in [5.41, 5.74) is 0.963. The first kappa shape index (κ1) is 23.6. The van der Waals surface area contributed by atoms with E-state index in [1.807, 2.05) is 0 Å². The zero-order valence-corrected chi connectivity index (χ0v) is 18.7. The number of carbonyl (C=O) groups excluding carboxylic acids is 2. The molecule has 2 aromatic rings. The minimum atomic E-state index is -1.12. The summed E-state index contributed by atoms with van der Waals surface area (Å²) < 4.78 is 21.7. The summed E-state index contributed by atoms with van der Waals surface area (Å²) in [5.74, 6) is -0.430. The van der Waals surface area contributed by atoms with Crippen LogP contribution in [0.3, 0.4) is 0 Å². The maximum absolute atomic E-state index is 12.8. The number of carboxylic acid groups (broad SMARTS) is 1. The summed E-state index contributed by atoms with van der Waals surface area (Å²) in [5, 5.41) is 11.6. The van der Waals surface area contributed by atoms with Gasteiger partial charge < -0.3 is 29.4 Å². The first-order valence-corrected chi connectivity index (χ1v) is 10.2. The Balaban J connectivity index is 1.72. The van der Waals surface area contributed by atoms with Gasteiger partial charge in [0.25, 0.3) is 5.91 Å². The van der Waals surface area contributed by atoms with Gasteiger partial charge >= 0.3 is 5.97 Å². The molecule has 0 aromatic heterocycles. The van der Waals surface area contributed by atoms with Crippen molar-refractivity contribution < 1.29 is 38.4 Å². The van der Waals surface area contributed by atoms with Gasteiger partial charge in [-0.2, -0.15) is 0 Å². The van der Waals surface area contributed by atoms with Crippen LogP contribution in [0.1, 0.15) is 29.8 Å². The molecular weight excluding hydrogens is 430 g/mol. The predicted molar refractivity (Wildman–Crippen MR) is 119 cm³/mol. The molecule has 3 rings (SSSR count). The number of benzene rings is 2. The molecule has 0 fully saturated rings. The van der Waals surface area contributed by atoms with Gasteiger partial charge in [-0.3, -0.25) is 9.59 Å². The molecule has 0 spiro atoms. The molecule has 1 heterocycles. The van der Waals surface area contributed by atoms with Gasteiger partial charge in [0, 0.05) is 11.6 Å². The standard InChI is InChI=1S/C24H25NO8/c1-13(2)22(24(28)29)25-21(26)12-32-16-5-7-17-19(11-16)33-20(23(17)27)10-14-9-15(30-3)6-8-18(14)31-4/h5-11,13,22H,12H2,1-4H3,(H,25,26)(H,28,29)/b20-10-/t22-/m0/s1. The number of methoxy groups -OCH3 is 2. The van der Waals surface area contributed by atoms with Crippen LogP contribution in [0.5, 0.6) is 23.0 Å². The van der Waals surface area contributed by atoms with Crippen LogP contribution in [0, 0.1) is 5.92 Å². The van der Waals surface area contributed by atoms with Crippen LogP contribution in [0.2, 0.25) is 0 Å². The van der Waals surface area contributed by atoms with Gasteiger partial charge in [-0.15, -0.1) is 0 Å². The molecule has 174 valence electrons. The van der Waals surface area contributed by atoms with Gasteiger partial charge in [0.1, 0.15) is 29.0 Å². The molecule has 1 amide bonds. The molecule has 0 unspecified atom stereocenters. The number of allylic oxidation sites excluding steroid dienone is 1. The van der Waals surface area contributed by atoms with E-state index in [1.54, 1.807) is 50.3 Å². The Morgan fingerprint density at radius 1 is 1.09 bits per heavy atom. The van der Waals surface area contributed by atoms with Crippen molar-refractivity contribution in [3.05, 3.63) is 53.3 Å². The second-order valence-corrected chi connectivity index (χ2v) is 7.62. The highest BCUT2D eigenvalue weighted by Gasteiger charge is 2.28. The topological polar surface area (TPSA) is 120 Å². The minimum Gasteiger partial charge on any atom is -0.497 e. The number of hydrogen-bond acceptors (Lipinski definition) is 7. The molecule has 2 aromatic carbocycles. The molecule has 0 bridgehead atoms. The lowest BCUT2D eigenvalue weighted by molar-refractivity contribution is -0.143. The van der Waals surface area contributed by atoms with Crippen LogP contribution in [0.15, 0.2) is 42.2 Å². The highest BCUT2D eigenvalue weighted by molar-refractivity contribution is 6.14. The number of fused-ring (bicyclic) bond motifs is 1. The summed E-state index contributed by atoms with van der Waals surface area (Å²) in [4.78, 5) is 36.1. The number of Topliss-reactive ketones (excluding diaryl/α,β-unsaturated/α-hetero) is 1. The lowest BCUT2D eigenvalue weighted by atomic mass is 10.1. The summed E-state index contributed by atoms with van der Waals surface area (Å²) in [6, 6.07) is 8.77. The molecule has 1 aliphatic heterocycles. The molecule has 0 radical (unpaired) electrons. The van der Waals surface area contributed by atoms with Gasteiger partial charge in [0.15, 0.2) is 12.4 Å². The largest absolute Gasteiger partial charge is 0.497 e. The number of hydrogen-bond donors (Lipinski definition) is 2. The number of nitrogens with one attached hydrogen (secondary N) is 1. The SMILES string of the molecule is COc1ccc(OC)c(/C=C2\Oc3cc(OCC(=O)N[C@H](C(=O)O)C(C)C)ccc3C2=O)c1. The Morgan fingerprint density at radius 3 is 2.45 bits per heavy atom. The number of ketones is 1. The maximum Gasteiger partial charge on any atom is 0.326 e. The van der Waals surface area contributed by atoms with E-state index >= 15 is 0 Å². The Hall–Kier alpha value is -4.01. The van der Waals surface area contributed by atoms with Crippen LogP contribution in [-0.4, -0.2) is 49.6 Å². The van der Waals surface area contributed by atoms with E-state index in [2.05, 4.69) is 5.32 Å². The summed E-state index contributed by atoms with van der Waals surface area (Å²) in [7, 11) is 3.06. The van der Waals surface area contributed by atoms with E-state index in [1.165, 1.54) is 20.3 Å². The van der Waals surface area contributed by atoms with E-state index < -0.39 is 17.9 Å². The van der Waals surface area contributed by atoms with Crippen LogP contribution in [0.4, 0.5) is 0 Å². The second-order valence-electron chi connectivity index (χ2n) is 7.62. The van der Waals surface area contributed by atoms with Gasteiger partial charge in [-0.25, -0.2) is 4.79 Å². The molecule has 0 aliphatic carbocycles. The lowest BCUT2D eigenvalue weighted by Gasteiger charge is -2.18.